The lowest BCUT2D eigenvalue weighted by Gasteiger charge is -2.27. The van der Waals surface area contributed by atoms with Crippen molar-refractivity contribution in [3.63, 3.8) is 0 Å². The number of fused-ring (bicyclic) bond motifs is 1. The third kappa shape index (κ3) is 2.22. The van der Waals surface area contributed by atoms with Crippen LogP contribution in [0.25, 0.3) is 0 Å². The van der Waals surface area contributed by atoms with Crippen LogP contribution < -0.4 is 10.1 Å². The molecule has 2 amide bonds. The van der Waals surface area contributed by atoms with E-state index in [4.69, 9.17) is 4.74 Å². The SMILES string of the molecule is O=C1CN(CC2Cc3ccccc3O2)CC(=O)N1. The molecule has 3 rings (SSSR count). The third-order valence-corrected chi connectivity index (χ3v) is 3.19. The lowest BCUT2D eigenvalue weighted by molar-refractivity contribution is -0.136. The number of piperazine rings is 1. The zero-order valence-corrected chi connectivity index (χ0v) is 9.89. The van der Waals surface area contributed by atoms with Crippen molar-refractivity contribution in [3.05, 3.63) is 29.8 Å². The van der Waals surface area contributed by atoms with Gasteiger partial charge in [-0.05, 0) is 11.6 Å². The van der Waals surface area contributed by atoms with Crippen molar-refractivity contribution in [2.24, 2.45) is 0 Å². The van der Waals surface area contributed by atoms with Gasteiger partial charge in [-0.2, -0.15) is 0 Å². The van der Waals surface area contributed by atoms with Crippen molar-refractivity contribution in [2.45, 2.75) is 12.5 Å². The van der Waals surface area contributed by atoms with Crippen molar-refractivity contribution in [2.75, 3.05) is 19.6 Å². The molecule has 0 aliphatic carbocycles. The van der Waals surface area contributed by atoms with Gasteiger partial charge in [0, 0.05) is 13.0 Å². The number of rotatable bonds is 2. The fourth-order valence-corrected chi connectivity index (χ4v) is 2.47. The number of hydrogen-bond acceptors (Lipinski definition) is 4. The van der Waals surface area contributed by atoms with E-state index in [0.29, 0.717) is 6.54 Å². The molecule has 94 valence electrons. The van der Waals surface area contributed by atoms with Gasteiger partial charge in [0.1, 0.15) is 11.9 Å². The predicted molar refractivity (Wildman–Crippen MR) is 64.2 cm³/mol. The number of carbonyl (C=O) groups is 2. The van der Waals surface area contributed by atoms with E-state index in [1.807, 2.05) is 29.2 Å². The summed E-state index contributed by atoms with van der Waals surface area (Å²) in [5.74, 6) is 0.443. The van der Waals surface area contributed by atoms with Crippen LogP contribution in [0.2, 0.25) is 0 Å². The number of hydrogen-bond donors (Lipinski definition) is 1. The van der Waals surface area contributed by atoms with Crippen molar-refractivity contribution < 1.29 is 14.3 Å². The smallest absolute Gasteiger partial charge is 0.240 e. The molecule has 1 saturated heterocycles. The van der Waals surface area contributed by atoms with Crippen LogP contribution in [0.5, 0.6) is 5.75 Å². The second-order valence-electron chi connectivity index (χ2n) is 4.69. The Morgan fingerprint density at radius 3 is 2.67 bits per heavy atom. The van der Waals surface area contributed by atoms with Gasteiger partial charge in [0.15, 0.2) is 0 Å². The summed E-state index contributed by atoms with van der Waals surface area (Å²) < 4.78 is 5.80. The minimum atomic E-state index is -0.234. The highest BCUT2D eigenvalue weighted by molar-refractivity contribution is 5.99. The van der Waals surface area contributed by atoms with Crippen LogP contribution >= 0.6 is 0 Å². The number of amides is 2. The number of imide groups is 1. The Labute approximate surface area is 105 Å². The molecule has 0 aromatic heterocycles. The first-order valence-corrected chi connectivity index (χ1v) is 6.00. The Bertz CT molecular complexity index is 460. The molecular weight excluding hydrogens is 232 g/mol. The Hall–Kier alpha value is -1.88. The van der Waals surface area contributed by atoms with Crippen LogP contribution in [0.15, 0.2) is 24.3 Å². The highest BCUT2D eigenvalue weighted by Gasteiger charge is 2.28. The van der Waals surface area contributed by atoms with E-state index in [0.717, 1.165) is 12.2 Å². The van der Waals surface area contributed by atoms with Gasteiger partial charge in [-0.1, -0.05) is 18.2 Å². The van der Waals surface area contributed by atoms with E-state index in [1.54, 1.807) is 0 Å². The number of nitrogens with zero attached hydrogens (tertiary/aromatic N) is 1. The van der Waals surface area contributed by atoms with Gasteiger partial charge < -0.3 is 4.74 Å². The molecule has 1 N–H and O–H groups in total. The normalized spacial score (nSPS) is 23.4. The molecule has 2 aliphatic heterocycles. The molecule has 2 heterocycles. The van der Waals surface area contributed by atoms with Crippen molar-refractivity contribution in [3.8, 4) is 5.75 Å². The largest absolute Gasteiger partial charge is 0.488 e. The van der Waals surface area contributed by atoms with E-state index >= 15 is 0 Å². The molecule has 18 heavy (non-hydrogen) atoms. The van der Waals surface area contributed by atoms with Crippen molar-refractivity contribution in [1.29, 1.82) is 0 Å². The number of carbonyl (C=O) groups excluding carboxylic acids is 2. The molecule has 1 unspecified atom stereocenters. The Kier molecular flexibility index (Phi) is 2.76. The van der Waals surface area contributed by atoms with E-state index in [9.17, 15) is 9.59 Å². The molecule has 1 aromatic rings. The minimum absolute atomic E-state index is 0.0288. The average Bonchev–Trinajstić information content (AvgIpc) is 2.69. The lowest BCUT2D eigenvalue weighted by Crippen LogP contribution is -2.53. The first kappa shape index (κ1) is 11.2. The monoisotopic (exact) mass is 246 g/mol. The summed E-state index contributed by atoms with van der Waals surface area (Å²) in [6.45, 7) is 1.14. The maximum Gasteiger partial charge on any atom is 0.240 e. The summed E-state index contributed by atoms with van der Waals surface area (Å²) in [4.78, 5) is 24.4. The molecule has 1 fully saturated rings. The van der Waals surface area contributed by atoms with Crippen LogP contribution in [0.1, 0.15) is 5.56 Å². The summed E-state index contributed by atoms with van der Waals surface area (Å²) in [5, 5.41) is 2.29. The third-order valence-electron chi connectivity index (χ3n) is 3.19. The number of ether oxygens (including phenoxy) is 1. The molecule has 2 aliphatic rings. The Balaban J connectivity index is 1.62. The maximum absolute atomic E-state index is 11.3. The van der Waals surface area contributed by atoms with E-state index in [2.05, 4.69) is 5.32 Å². The van der Waals surface area contributed by atoms with E-state index in [-0.39, 0.29) is 31.0 Å². The molecule has 1 atom stereocenters. The summed E-state index contributed by atoms with van der Waals surface area (Å²) in [7, 11) is 0. The summed E-state index contributed by atoms with van der Waals surface area (Å²) in [6, 6.07) is 7.92. The van der Waals surface area contributed by atoms with Crippen LogP contribution in [0, 0.1) is 0 Å². The van der Waals surface area contributed by atoms with Crippen LogP contribution in [0.4, 0.5) is 0 Å². The first-order valence-electron chi connectivity index (χ1n) is 6.00. The molecule has 5 nitrogen and oxygen atoms in total. The summed E-state index contributed by atoms with van der Waals surface area (Å²) in [6.07, 6.45) is 0.865. The molecular formula is C13H14N2O3. The maximum atomic E-state index is 11.3. The van der Waals surface area contributed by atoms with Gasteiger partial charge in [-0.15, -0.1) is 0 Å². The Morgan fingerprint density at radius 1 is 1.22 bits per heavy atom. The number of nitrogens with one attached hydrogen (secondary N) is 1. The lowest BCUT2D eigenvalue weighted by atomic mass is 10.1. The zero-order valence-electron chi connectivity index (χ0n) is 9.89. The topological polar surface area (TPSA) is 58.6 Å². The molecule has 0 saturated carbocycles. The van der Waals surface area contributed by atoms with Crippen molar-refractivity contribution in [1.82, 2.24) is 10.2 Å². The highest BCUT2D eigenvalue weighted by atomic mass is 16.5. The van der Waals surface area contributed by atoms with Gasteiger partial charge in [-0.3, -0.25) is 19.8 Å². The second kappa shape index (κ2) is 4.42. The van der Waals surface area contributed by atoms with Crippen LogP contribution in [0.3, 0.4) is 0 Å². The first-order chi connectivity index (χ1) is 8.70. The average molecular weight is 246 g/mol. The minimum Gasteiger partial charge on any atom is -0.488 e. The van der Waals surface area contributed by atoms with Gasteiger partial charge in [0.2, 0.25) is 11.8 Å². The van der Waals surface area contributed by atoms with Crippen LogP contribution in [-0.2, 0) is 16.0 Å². The standard InChI is InChI=1S/C13H14N2O3/c16-12-7-15(8-13(17)14-12)6-10-5-9-3-1-2-4-11(9)18-10/h1-4,10H,5-8H2,(H,14,16,17). The zero-order chi connectivity index (χ0) is 12.5. The second-order valence-corrected chi connectivity index (χ2v) is 4.69. The summed E-state index contributed by atoms with van der Waals surface area (Å²) in [5.41, 5.74) is 1.19. The fraction of sp³-hybridized carbons (Fsp3) is 0.385. The molecule has 0 radical (unpaired) electrons. The van der Waals surface area contributed by atoms with E-state index < -0.39 is 0 Å². The highest BCUT2D eigenvalue weighted by Crippen LogP contribution is 2.28. The Morgan fingerprint density at radius 2 is 1.94 bits per heavy atom. The predicted octanol–water partition coefficient (Wildman–Crippen LogP) is -0.0515. The van der Waals surface area contributed by atoms with Gasteiger partial charge in [0.25, 0.3) is 0 Å². The molecule has 5 heteroatoms. The summed E-state index contributed by atoms with van der Waals surface area (Å²) >= 11 is 0. The number of para-hydroxylation sites is 1. The fourth-order valence-electron chi connectivity index (χ4n) is 2.47. The van der Waals surface area contributed by atoms with E-state index in [1.165, 1.54) is 5.56 Å². The van der Waals surface area contributed by atoms with Gasteiger partial charge >= 0.3 is 0 Å². The molecule has 1 aromatic carbocycles. The van der Waals surface area contributed by atoms with Gasteiger partial charge in [-0.25, -0.2) is 0 Å². The quantitative estimate of drug-likeness (QED) is 0.743. The molecule has 0 bridgehead atoms. The van der Waals surface area contributed by atoms with Crippen molar-refractivity contribution >= 4 is 11.8 Å². The number of benzene rings is 1. The molecule has 0 spiro atoms. The van der Waals surface area contributed by atoms with Gasteiger partial charge in [0.05, 0.1) is 13.1 Å². The van der Waals surface area contributed by atoms with Crippen LogP contribution in [-0.4, -0.2) is 42.5 Å².